The van der Waals surface area contributed by atoms with E-state index in [2.05, 4.69) is 28.3 Å². The number of likely N-dealkylation sites (N-methyl/N-ethyl adjacent to an activating group) is 1. The first-order valence-electron chi connectivity index (χ1n) is 13.2. The predicted molar refractivity (Wildman–Crippen MR) is 146 cm³/mol. The number of allylic oxidation sites excluding steroid dienone is 2. The molecule has 9 heteroatoms. The van der Waals surface area contributed by atoms with Crippen LogP contribution in [0.25, 0.3) is 0 Å². The molecular formula is C29H33FN6O2. The number of anilines is 2. The third-order valence-corrected chi connectivity index (χ3v) is 7.34. The van der Waals surface area contributed by atoms with E-state index in [0.717, 1.165) is 53.9 Å². The highest BCUT2D eigenvalue weighted by Crippen LogP contribution is 2.30. The van der Waals surface area contributed by atoms with Gasteiger partial charge in [-0.15, -0.1) is 0 Å². The summed E-state index contributed by atoms with van der Waals surface area (Å²) in [4.78, 5) is 40.3. The number of fused-ring (bicyclic) bond motifs is 2. The quantitative estimate of drug-likeness (QED) is 0.542. The summed E-state index contributed by atoms with van der Waals surface area (Å²) in [6.07, 6.45) is 13.6. The largest absolute Gasteiger partial charge is 0.355 e. The van der Waals surface area contributed by atoms with Gasteiger partial charge in [0.25, 0.3) is 5.91 Å². The zero-order valence-corrected chi connectivity index (χ0v) is 21.9. The zero-order valence-electron chi connectivity index (χ0n) is 21.9. The monoisotopic (exact) mass is 516 g/mol. The van der Waals surface area contributed by atoms with Gasteiger partial charge in [-0.25, -0.2) is 9.18 Å². The number of carbonyl (C=O) groups is 2. The Labute approximate surface area is 222 Å². The number of pyridine rings is 1. The van der Waals surface area contributed by atoms with Crippen LogP contribution in [0.2, 0.25) is 0 Å². The topological polar surface area (TPSA) is 81.1 Å². The summed E-state index contributed by atoms with van der Waals surface area (Å²) >= 11 is 0. The summed E-state index contributed by atoms with van der Waals surface area (Å²) in [5, 5.41) is 2.99. The first-order valence-corrected chi connectivity index (χ1v) is 13.2. The molecule has 3 amide bonds. The molecular weight excluding hydrogens is 483 g/mol. The van der Waals surface area contributed by atoms with Crippen LogP contribution in [0.5, 0.6) is 0 Å². The van der Waals surface area contributed by atoms with Gasteiger partial charge in [-0.3, -0.25) is 14.8 Å². The van der Waals surface area contributed by atoms with Gasteiger partial charge in [-0.1, -0.05) is 19.4 Å². The van der Waals surface area contributed by atoms with Crippen molar-refractivity contribution in [3.8, 4) is 0 Å². The molecule has 0 aliphatic carbocycles. The lowest BCUT2D eigenvalue weighted by Gasteiger charge is -2.35. The molecule has 1 aromatic heterocycles. The standard InChI is InChI=1S/C29H33FN6O2/c1-3-6-23(36-18-21-17-31-13-11-25(21)33-29(36)38)7-4-5-8-24-16-26(32-19-34(24)2)28(37)35-14-12-20-15-22(30)9-10-27(20)35/h5,8-11,13,15-17,23H,3-4,6-7,12,14,18-19H2,1-2H3,(H,33,38)/b8-5+. The number of nitrogens with one attached hydrogen (secondary N) is 1. The fourth-order valence-electron chi connectivity index (χ4n) is 5.28. The molecule has 3 aliphatic heterocycles. The van der Waals surface area contributed by atoms with E-state index in [-0.39, 0.29) is 23.8 Å². The van der Waals surface area contributed by atoms with Crippen LogP contribution in [0.15, 0.2) is 65.6 Å². The van der Waals surface area contributed by atoms with Crippen LogP contribution in [0.4, 0.5) is 20.6 Å². The molecule has 3 aliphatic rings. The molecule has 5 rings (SSSR count). The number of rotatable bonds is 8. The molecule has 1 atom stereocenters. The zero-order chi connectivity index (χ0) is 26.6. The highest BCUT2D eigenvalue weighted by Gasteiger charge is 2.30. The van der Waals surface area contributed by atoms with Crippen molar-refractivity contribution < 1.29 is 14.0 Å². The molecule has 0 bridgehead atoms. The Hall–Kier alpha value is -4.01. The number of benzene rings is 1. The molecule has 0 saturated carbocycles. The molecule has 0 fully saturated rings. The van der Waals surface area contributed by atoms with E-state index >= 15 is 0 Å². The Morgan fingerprint density at radius 1 is 1.24 bits per heavy atom. The first kappa shape index (κ1) is 25.6. The number of aromatic nitrogens is 1. The number of carbonyl (C=O) groups excluding carboxylic acids is 2. The number of hydrogen-bond acceptors (Lipinski definition) is 5. The molecule has 1 unspecified atom stereocenters. The number of hydrogen-bond donors (Lipinski definition) is 1. The van der Waals surface area contributed by atoms with E-state index in [1.165, 1.54) is 12.1 Å². The second kappa shape index (κ2) is 11.2. The minimum Gasteiger partial charge on any atom is -0.355 e. The first-order chi connectivity index (χ1) is 18.4. The molecule has 1 aromatic carbocycles. The second-order valence-electron chi connectivity index (χ2n) is 9.94. The van der Waals surface area contributed by atoms with E-state index in [1.807, 2.05) is 41.3 Å². The summed E-state index contributed by atoms with van der Waals surface area (Å²) in [5.74, 6) is -0.450. The summed E-state index contributed by atoms with van der Waals surface area (Å²) in [5.41, 5.74) is 4.77. The lowest BCUT2D eigenvalue weighted by atomic mass is 10.0. The van der Waals surface area contributed by atoms with Crippen LogP contribution < -0.4 is 10.2 Å². The normalized spacial score (nSPS) is 17.7. The van der Waals surface area contributed by atoms with Crippen molar-refractivity contribution in [2.75, 3.05) is 30.5 Å². The molecule has 0 saturated heterocycles. The van der Waals surface area contributed by atoms with E-state index in [9.17, 15) is 14.0 Å². The Balaban J connectivity index is 1.23. The fraction of sp³-hybridized carbons (Fsp3) is 0.379. The van der Waals surface area contributed by atoms with Gasteiger partial charge in [0.1, 0.15) is 18.2 Å². The fourth-order valence-corrected chi connectivity index (χ4v) is 5.28. The van der Waals surface area contributed by atoms with Crippen LogP contribution in [0.3, 0.4) is 0 Å². The number of aliphatic imine (C=N–C) groups is 1. The van der Waals surface area contributed by atoms with E-state index in [1.54, 1.807) is 17.2 Å². The highest BCUT2D eigenvalue weighted by atomic mass is 19.1. The Morgan fingerprint density at radius 2 is 2.11 bits per heavy atom. The molecule has 0 radical (unpaired) electrons. The van der Waals surface area contributed by atoms with Crippen LogP contribution in [-0.2, 0) is 17.8 Å². The minimum atomic E-state index is -0.286. The molecule has 0 spiro atoms. The summed E-state index contributed by atoms with van der Waals surface area (Å²) in [6, 6.07) is 6.44. The van der Waals surface area contributed by atoms with Gasteiger partial charge in [0.15, 0.2) is 0 Å². The minimum absolute atomic E-state index is 0.0635. The maximum atomic E-state index is 13.6. The molecule has 198 valence electrons. The van der Waals surface area contributed by atoms with Crippen molar-refractivity contribution >= 4 is 29.0 Å². The van der Waals surface area contributed by atoms with Crippen molar-refractivity contribution in [3.63, 3.8) is 0 Å². The van der Waals surface area contributed by atoms with Crippen LogP contribution in [-0.4, -0.2) is 58.7 Å². The average Bonchev–Trinajstić information content (AvgIpc) is 3.33. The molecule has 2 aromatic rings. The number of urea groups is 1. The summed E-state index contributed by atoms with van der Waals surface area (Å²) in [7, 11) is 1.94. The van der Waals surface area contributed by atoms with Crippen molar-refractivity contribution in [2.45, 2.75) is 51.6 Å². The Bertz CT molecular complexity index is 1320. The maximum absolute atomic E-state index is 13.6. The van der Waals surface area contributed by atoms with E-state index < -0.39 is 0 Å². The summed E-state index contributed by atoms with van der Waals surface area (Å²) in [6.45, 7) is 3.61. The summed E-state index contributed by atoms with van der Waals surface area (Å²) < 4.78 is 13.6. The third-order valence-electron chi connectivity index (χ3n) is 7.34. The Kier molecular flexibility index (Phi) is 7.53. The number of amides is 3. The third kappa shape index (κ3) is 5.32. The van der Waals surface area contributed by atoms with Crippen molar-refractivity contribution in [1.82, 2.24) is 14.8 Å². The van der Waals surface area contributed by atoms with Gasteiger partial charge in [0.05, 0.1) is 12.2 Å². The van der Waals surface area contributed by atoms with Crippen molar-refractivity contribution in [2.24, 2.45) is 4.99 Å². The van der Waals surface area contributed by atoms with Crippen molar-refractivity contribution in [1.29, 1.82) is 0 Å². The number of halogens is 1. The molecule has 8 nitrogen and oxygen atoms in total. The highest BCUT2D eigenvalue weighted by molar-refractivity contribution is 6.48. The van der Waals surface area contributed by atoms with Gasteiger partial charge >= 0.3 is 6.03 Å². The smallest absolute Gasteiger partial charge is 0.322 e. The Morgan fingerprint density at radius 3 is 2.95 bits per heavy atom. The predicted octanol–water partition coefficient (Wildman–Crippen LogP) is 4.89. The lowest BCUT2D eigenvalue weighted by molar-refractivity contribution is -0.112. The maximum Gasteiger partial charge on any atom is 0.322 e. The van der Waals surface area contributed by atoms with E-state index in [0.29, 0.717) is 31.9 Å². The second-order valence-corrected chi connectivity index (χ2v) is 9.94. The van der Waals surface area contributed by atoms with Gasteiger partial charge < -0.3 is 20.0 Å². The van der Waals surface area contributed by atoms with Gasteiger partial charge in [-0.2, -0.15) is 0 Å². The van der Waals surface area contributed by atoms with E-state index in [4.69, 9.17) is 0 Å². The molecule has 4 heterocycles. The van der Waals surface area contributed by atoms with Gasteiger partial charge in [0.2, 0.25) is 0 Å². The van der Waals surface area contributed by atoms with Crippen LogP contribution >= 0.6 is 0 Å². The van der Waals surface area contributed by atoms with Gasteiger partial charge in [-0.05, 0) is 67.7 Å². The number of nitrogens with zero attached hydrogens (tertiary/aromatic N) is 5. The average molecular weight is 517 g/mol. The van der Waals surface area contributed by atoms with Gasteiger partial charge in [0, 0.05) is 49.0 Å². The van der Waals surface area contributed by atoms with Crippen LogP contribution in [0.1, 0.15) is 43.7 Å². The van der Waals surface area contributed by atoms with Crippen molar-refractivity contribution in [3.05, 3.63) is 77.5 Å². The SMILES string of the molecule is CCCC(CC/C=C/C1=CC(C(=O)N2CCc3cc(F)ccc32)=NCN1C)N1Cc2cnccc2NC1=O. The van der Waals surface area contributed by atoms with Crippen LogP contribution in [0, 0.1) is 5.82 Å². The lowest BCUT2D eigenvalue weighted by Crippen LogP contribution is -2.45. The molecule has 38 heavy (non-hydrogen) atoms. The molecule has 1 N–H and O–H groups in total.